The van der Waals surface area contributed by atoms with Gasteiger partial charge >= 0.3 is 0 Å². The van der Waals surface area contributed by atoms with E-state index in [4.69, 9.17) is 6.57 Å². The monoisotopic (exact) mass is 536 g/mol. The van der Waals surface area contributed by atoms with Gasteiger partial charge in [-0.2, -0.15) is 5.26 Å². The minimum atomic E-state index is -0.869. The summed E-state index contributed by atoms with van der Waals surface area (Å²) >= 11 is 0. The molecule has 40 heavy (non-hydrogen) atoms. The van der Waals surface area contributed by atoms with Gasteiger partial charge in [-0.1, -0.05) is 26.0 Å². The van der Waals surface area contributed by atoms with Crippen LogP contribution in [0, 0.1) is 23.8 Å². The van der Waals surface area contributed by atoms with Gasteiger partial charge in [0.25, 0.3) is 23.6 Å². The summed E-state index contributed by atoms with van der Waals surface area (Å²) in [6, 6.07) is 9.96. The Labute approximate surface area is 229 Å². The first kappa shape index (κ1) is 26.7. The summed E-state index contributed by atoms with van der Waals surface area (Å²) in [5.74, 6) is -3.10. The number of nitriles is 1. The van der Waals surface area contributed by atoms with E-state index < -0.39 is 36.3 Å². The first-order valence-electron chi connectivity index (χ1n) is 12.7. The Morgan fingerprint density at radius 3 is 2.15 bits per heavy atom. The molecule has 5 rings (SSSR count). The van der Waals surface area contributed by atoms with Gasteiger partial charge in [0, 0.05) is 23.1 Å². The SMILES string of the molecule is [C-]#[N+]c1cc2c3c(c(C#N)cc4c3c1C(=O)N(c1ccc(CCO)cc1)C4=O)C(=O)N(C(CO)CC(C)C)C2=O. The Hall–Kier alpha value is -4.90. The van der Waals surface area contributed by atoms with Crippen molar-refractivity contribution < 1.29 is 29.4 Å². The summed E-state index contributed by atoms with van der Waals surface area (Å²) in [5, 5.41) is 29.3. The van der Waals surface area contributed by atoms with Crippen LogP contribution in [0.15, 0.2) is 36.4 Å². The lowest BCUT2D eigenvalue weighted by atomic mass is 9.82. The van der Waals surface area contributed by atoms with E-state index >= 15 is 0 Å². The van der Waals surface area contributed by atoms with Crippen LogP contribution in [0.25, 0.3) is 15.6 Å². The van der Waals surface area contributed by atoms with Crippen molar-refractivity contribution in [2.45, 2.75) is 32.7 Å². The number of carbonyl (C=O) groups is 4. The summed E-state index contributed by atoms with van der Waals surface area (Å²) in [5.41, 5.74) is 0.245. The molecule has 0 aliphatic carbocycles. The van der Waals surface area contributed by atoms with Gasteiger partial charge in [-0.05, 0) is 54.0 Å². The number of aliphatic hydroxyl groups is 2. The molecule has 0 saturated carbocycles. The van der Waals surface area contributed by atoms with Crippen molar-refractivity contribution in [3.05, 3.63) is 81.2 Å². The average molecular weight is 537 g/mol. The number of rotatable bonds is 7. The van der Waals surface area contributed by atoms with Crippen molar-refractivity contribution in [3.8, 4) is 6.07 Å². The van der Waals surface area contributed by atoms with Crippen LogP contribution < -0.4 is 4.90 Å². The standard InChI is InChI=1S/C30H24N4O6/c1-15(2)10-19(14-36)34-28(38)21-12-22(32-3)26-25-20(11-17(13-31)23(24(21)25)29(34)39)27(37)33(30(26)40)18-6-4-16(5-7-18)8-9-35/h4-7,11-12,15,19,35-36H,8-10,14H2,1-2H3. The second-order valence-electron chi connectivity index (χ2n) is 10.2. The van der Waals surface area contributed by atoms with Crippen LogP contribution in [0.1, 0.15) is 72.8 Å². The average Bonchev–Trinajstić information content (AvgIpc) is 2.94. The largest absolute Gasteiger partial charge is 0.396 e. The van der Waals surface area contributed by atoms with E-state index in [9.17, 15) is 34.7 Å². The predicted octanol–water partition coefficient (Wildman–Crippen LogP) is 3.60. The lowest BCUT2D eigenvalue weighted by Gasteiger charge is -2.36. The lowest BCUT2D eigenvalue weighted by molar-refractivity contribution is 0.0443. The summed E-state index contributed by atoms with van der Waals surface area (Å²) in [6.07, 6.45) is 0.694. The Morgan fingerprint density at radius 1 is 0.925 bits per heavy atom. The maximum Gasteiger partial charge on any atom is 0.265 e. The fourth-order valence-electron chi connectivity index (χ4n) is 5.55. The summed E-state index contributed by atoms with van der Waals surface area (Å²) in [4.78, 5) is 60.5. The maximum atomic E-state index is 13.8. The van der Waals surface area contributed by atoms with E-state index in [2.05, 4.69) is 4.85 Å². The quantitative estimate of drug-likeness (QED) is 0.347. The third-order valence-electron chi connectivity index (χ3n) is 7.27. The zero-order valence-corrected chi connectivity index (χ0v) is 21.8. The molecule has 0 spiro atoms. The topological polar surface area (TPSA) is 143 Å². The fraction of sp³-hybridized carbons (Fsp3) is 0.267. The molecule has 0 radical (unpaired) electrons. The molecule has 1 unspecified atom stereocenters. The van der Waals surface area contributed by atoms with Gasteiger partial charge in [0.15, 0.2) is 0 Å². The van der Waals surface area contributed by atoms with Gasteiger partial charge in [-0.3, -0.25) is 24.1 Å². The summed E-state index contributed by atoms with van der Waals surface area (Å²) in [7, 11) is 0. The molecule has 0 fully saturated rings. The van der Waals surface area contributed by atoms with Crippen LogP contribution in [0.3, 0.4) is 0 Å². The third-order valence-corrected chi connectivity index (χ3v) is 7.27. The Kier molecular flexibility index (Phi) is 6.68. The molecular weight excluding hydrogens is 512 g/mol. The zero-order chi connectivity index (χ0) is 28.9. The van der Waals surface area contributed by atoms with Crippen LogP contribution >= 0.6 is 0 Å². The summed E-state index contributed by atoms with van der Waals surface area (Å²) < 4.78 is 0. The van der Waals surface area contributed by atoms with Crippen molar-refractivity contribution >= 4 is 45.8 Å². The van der Waals surface area contributed by atoms with E-state index in [0.29, 0.717) is 12.8 Å². The molecule has 3 aromatic rings. The highest BCUT2D eigenvalue weighted by Crippen LogP contribution is 2.45. The molecule has 4 amide bonds. The van der Waals surface area contributed by atoms with Crippen LogP contribution in [-0.4, -0.2) is 58.0 Å². The Bertz CT molecular complexity index is 1710. The van der Waals surface area contributed by atoms with Crippen molar-refractivity contribution in [1.82, 2.24) is 4.90 Å². The molecule has 3 aromatic carbocycles. The second kappa shape index (κ2) is 10.0. The number of hydrogen-bond donors (Lipinski definition) is 2. The molecule has 2 aliphatic heterocycles. The first-order chi connectivity index (χ1) is 19.2. The number of imide groups is 2. The van der Waals surface area contributed by atoms with E-state index in [0.717, 1.165) is 15.4 Å². The van der Waals surface area contributed by atoms with Crippen LogP contribution in [0.4, 0.5) is 11.4 Å². The molecule has 10 nitrogen and oxygen atoms in total. The van der Waals surface area contributed by atoms with Crippen LogP contribution in [0.2, 0.25) is 0 Å². The van der Waals surface area contributed by atoms with E-state index in [1.165, 1.54) is 12.1 Å². The molecule has 0 saturated heterocycles. The minimum absolute atomic E-state index is 0.00795. The second-order valence-corrected chi connectivity index (χ2v) is 10.2. The van der Waals surface area contributed by atoms with E-state index in [-0.39, 0.29) is 62.5 Å². The maximum absolute atomic E-state index is 13.8. The number of benzene rings is 3. The lowest BCUT2D eigenvalue weighted by Crippen LogP contribution is -2.50. The molecule has 200 valence electrons. The Morgan fingerprint density at radius 2 is 1.57 bits per heavy atom. The predicted molar refractivity (Wildman–Crippen MR) is 144 cm³/mol. The molecule has 2 N–H and O–H groups in total. The van der Waals surface area contributed by atoms with Gasteiger partial charge in [0.1, 0.15) is 6.07 Å². The first-order valence-corrected chi connectivity index (χ1v) is 12.7. The highest BCUT2D eigenvalue weighted by Gasteiger charge is 2.44. The van der Waals surface area contributed by atoms with E-state index in [1.807, 2.05) is 19.9 Å². The highest BCUT2D eigenvalue weighted by atomic mass is 16.3. The molecule has 0 bridgehead atoms. The van der Waals surface area contributed by atoms with Gasteiger partial charge in [0.2, 0.25) is 5.69 Å². The van der Waals surface area contributed by atoms with Crippen molar-refractivity contribution in [2.24, 2.45) is 5.92 Å². The number of aliphatic hydroxyl groups excluding tert-OH is 2. The Balaban J connectivity index is 1.79. The van der Waals surface area contributed by atoms with Crippen molar-refractivity contribution in [2.75, 3.05) is 18.1 Å². The smallest absolute Gasteiger partial charge is 0.265 e. The van der Waals surface area contributed by atoms with Gasteiger partial charge in [-0.25, -0.2) is 9.74 Å². The van der Waals surface area contributed by atoms with Gasteiger partial charge in [0.05, 0.1) is 41.6 Å². The normalized spacial score (nSPS) is 15.1. The third kappa shape index (κ3) is 3.85. The van der Waals surface area contributed by atoms with Gasteiger partial charge in [-0.15, -0.1) is 0 Å². The van der Waals surface area contributed by atoms with Crippen LogP contribution in [0.5, 0.6) is 0 Å². The molecule has 10 heteroatoms. The molecular formula is C30H24N4O6. The van der Waals surface area contributed by atoms with Crippen molar-refractivity contribution in [3.63, 3.8) is 0 Å². The number of carbonyl (C=O) groups excluding carboxylic acids is 4. The highest BCUT2D eigenvalue weighted by molar-refractivity contribution is 6.41. The number of nitrogens with zero attached hydrogens (tertiary/aromatic N) is 4. The minimum Gasteiger partial charge on any atom is -0.396 e. The fourth-order valence-corrected chi connectivity index (χ4v) is 5.55. The van der Waals surface area contributed by atoms with Crippen molar-refractivity contribution in [1.29, 1.82) is 5.26 Å². The molecule has 0 aromatic heterocycles. The number of anilines is 1. The molecule has 1 atom stereocenters. The summed E-state index contributed by atoms with van der Waals surface area (Å²) in [6.45, 7) is 11.0. The van der Waals surface area contributed by atoms with Crippen LogP contribution in [-0.2, 0) is 6.42 Å². The van der Waals surface area contributed by atoms with E-state index in [1.54, 1.807) is 24.3 Å². The molecule has 2 heterocycles. The number of hydrogen-bond acceptors (Lipinski definition) is 7. The van der Waals surface area contributed by atoms with Gasteiger partial charge < -0.3 is 10.2 Å². The number of amides is 4. The molecule has 2 aliphatic rings. The zero-order valence-electron chi connectivity index (χ0n) is 21.8.